The Kier molecular flexibility index (Phi) is 5.25. The largest absolute Gasteiger partial charge is 0.394 e. The zero-order chi connectivity index (χ0) is 13.6. The topological polar surface area (TPSA) is 93.0 Å². The van der Waals surface area contributed by atoms with E-state index in [0.717, 1.165) is 5.56 Å². The van der Waals surface area contributed by atoms with Crippen LogP contribution in [0.2, 0.25) is 0 Å². The predicted molar refractivity (Wildman–Crippen MR) is 68.0 cm³/mol. The van der Waals surface area contributed by atoms with Crippen molar-refractivity contribution in [2.24, 2.45) is 0 Å². The molecule has 0 saturated carbocycles. The second kappa shape index (κ2) is 6.26. The molecule has 0 amide bonds. The fourth-order valence-electron chi connectivity index (χ4n) is 1.58. The van der Waals surface area contributed by atoms with Gasteiger partial charge in [0.25, 0.3) is 0 Å². The van der Waals surface area contributed by atoms with Crippen molar-refractivity contribution in [2.45, 2.75) is 18.1 Å². The van der Waals surface area contributed by atoms with Gasteiger partial charge in [0.1, 0.15) is 0 Å². The van der Waals surface area contributed by atoms with Crippen LogP contribution >= 0.6 is 0 Å². The van der Waals surface area contributed by atoms with E-state index >= 15 is 0 Å². The molecule has 0 heterocycles. The molecule has 1 rings (SSSR count). The smallest absolute Gasteiger partial charge is 0.0992 e. The number of aliphatic hydroxyl groups excluding tert-OH is 3. The summed E-state index contributed by atoms with van der Waals surface area (Å²) in [7, 11) is 0. The predicted octanol–water partition coefficient (Wildman–Crippen LogP) is -0.801. The highest BCUT2D eigenvalue weighted by Gasteiger charge is 2.31. The fourth-order valence-corrected chi connectivity index (χ4v) is 1.58. The minimum absolute atomic E-state index is 0.110. The van der Waals surface area contributed by atoms with Crippen molar-refractivity contribution in [1.82, 2.24) is 5.32 Å². The molecular weight excluding hydrogens is 234 g/mol. The highest BCUT2D eigenvalue weighted by molar-refractivity contribution is 5.21. The third-order valence-electron chi connectivity index (χ3n) is 3.11. The summed E-state index contributed by atoms with van der Waals surface area (Å²) in [5, 5.41) is 40.7. The van der Waals surface area contributed by atoms with E-state index < -0.39 is 31.0 Å². The molecule has 1 aromatic rings. The van der Waals surface area contributed by atoms with Crippen LogP contribution in [-0.2, 0) is 5.60 Å². The molecule has 0 bridgehead atoms. The zero-order valence-electron chi connectivity index (χ0n) is 10.5. The SMILES string of the molecule is CC(O)(CNC(CO)(CO)CO)c1ccccc1. The maximum atomic E-state index is 10.3. The van der Waals surface area contributed by atoms with Crippen LogP contribution in [0.1, 0.15) is 12.5 Å². The van der Waals surface area contributed by atoms with Crippen molar-refractivity contribution in [2.75, 3.05) is 26.4 Å². The monoisotopic (exact) mass is 255 g/mol. The van der Waals surface area contributed by atoms with E-state index in [1.165, 1.54) is 0 Å². The first-order chi connectivity index (χ1) is 8.49. The van der Waals surface area contributed by atoms with Crippen LogP contribution in [-0.4, -0.2) is 52.3 Å². The van der Waals surface area contributed by atoms with Crippen LogP contribution in [0.4, 0.5) is 0 Å². The number of hydrogen-bond donors (Lipinski definition) is 5. The number of hydrogen-bond acceptors (Lipinski definition) is 5. The Hall–Kier alpha value is -0.980. The Bertz CT molecular complexity index is 341. The Balaban J connectivity index is 2.72. The average molecular weight is 255 g/mol. The van der Waals surface area contributed by atoms with E-state index in [4.69, 9.17) is 0 Å². The minimum atomic E-state index is -1.18. The summed E-state index contributed by atoms with van der Waals surface area (Å²) in [6.45, 7) is 0.505. The van der Waals surface area contributed by atoms with E-state index in [-0.39, 0.29) is 6.54 Å². The summed E-state index contributed by atoms with van der Waals surface area (Å²) in [6.07, 6.45) is 0. The maximum Gasteiger partial charge on any atom is 0.0992 e. The molecule has 0 saturated heterocycles. The molecule has 0 aliphatic heterocycles. The number of benzene rings is 1. The molecule has 0 fully saturated rings. The Morgan fingerprint density at radius 2 is 1.50 bits per heavy atom. The van der Waals surface area contributed by atoms with Crippen molar-refractivity contribution in [3.63, 3.8) is 0 Å². The van der Waals surface area contributed by atoms with Crippen molar-refractivity contribution in [3.05, 3.63) is 35.9 Å². The summed E-state index contributed by atoms with van der Waals surface area (Å²) in [5.41, 5.74) is -1.61. The van der Waals surface area contributed by atoms with Gasteiger partial charge < -0.3 is 25.7 Å². The fraction of sp³-hybridized carbons (Fsp3) is 0.538. The number of aliphatic hydroxyl groups is 4. The lowest BCUT2D eigenvalue weighted by Gasteiger charge is -2.33. The molecule has 5 heteroatoms. The van der Waals surface area contributed by atoms with Gasteiger partial charge in [-0.3, -0.25) is 0 Å². The lowest BCUT2D eigenvalue weighted by atomic mass is 9.94. The lowest BCUT2D eigenvalue weighted by Crippen LogP contribution is -2.57. The third kappa shape index (κ3) is 3.51. The maximum absolute atomic E-state index is 10.3. The van der Waals surface area contributed by atoms with Crippen LogP contribution in [0.5, 0.6) is 0 Å². The molecule has 0 aliphatic carbocycles. The van der Waals surface area contributed by atoms with Crippen LogP contribution in [0.25, 0.3) is 0 Å². The number of nitrogens with one attached hydrogen (secondary N) is 1. The van der Waals surface area contributed by atoms with Crippen molar-refractivity contribution < 1.29 is 20.4 Å². The lowest BCUT2D eigenvalue weighted by molar-refractivity contribution is 0.00514. The molecule has 5 nitrogen and oxygen atoms in total. The van der Waals surface area contributed by atoms with Gasteiger partial charge in [-0.15, -0.1) is 0 Å². The molecular formula is C13H21NO4. The van der Waals surface area contributed by atoms with Crippen molar-refractivity contribution in [3.8, 4) is 0 Å². The van der Waals surface area contributed by atoms with Gasteiger partial charge in [0.2, 0.25) is 0 Å². The quantitative estimate of drug-likeness (QED) is 0.440. The Labute approximate surface area is 107 Å². The second-order valence-corrected chi connectivity index (χ2v) is 4.75. The van der Waals surface area contributed by atoms with Crippen LogP contribution in [0.3, 0.4) is 0 Å². The molecule has 0 aliphatic rings. The highest BCUT2D eigenvalue weighted by atomic mass is 16.3. The first-order valence-electron chi connectivity index (χ1n) is 5.85. The summed E-state index contributed by atoms with van der Waals surface area (Å²) in [6, 6.07) is 9.08. The Morgan fingerprint density at radius 1 is 1.00 bits per heavy atom. The standard InChI is InChI=1S/C13H21NO4/c1-12(18,11-5-3-2-4-6-11)7-14-13(8-15,9-16)10-17/h2-6,14-18H,7-10H2,1H3. The van der Waals surface area contributed by atoms with Crippen LogP contribution in [0.15, 0.2) is 30.3 Å². The summed E-state index contributed by atoms with van der Waals surface area (Å²) < 4.78 is 0. The van der Waals surface area contributed by atoms with Gasteiger partial charge in [0.05, 0.1) is 31.0 Å². The molecule has 0 radical (unpaired) electrons. The molecule has 0 aromatic heterocycles. The summed E-state index contributed by atoms with van der Waals surface area (Å²) in [5.74, 6) is 0. The molecule has 1 atom stereocenters. The van der Waals surface area contributed by atoms with E-state index in [2.05, 4.69) is 5.32 Å². The van der Waals surface area contributed by atoms with Crippen molar-refractivity contribution in [1.29, 1.82) is 0 Å². The van der Waals surface area contributed by atoms with Crippen molar-refractivity contribution >= 4 is 0 Å². The van der Waals surface area contributed by atoms with Crippen LogP contribution in [0, 0.1) is 0 Å². The van der Waals surface area contributed by atoms with Crippen LogP contribution < -0.4 is 5.32 Å². The van der Waals surface area contributed by atoms with Gasteiger partial charge in [-0.05, 0) is 12.5 Å². The minimum Gasteiger partial charge on any atom is -0.394 e. The highest BCUT2D eigenvalue weighted by Crippen LogP contribution is 2.20. The first-order valence-corrected chi connectivity index (χ1v) is 5.85. The van der Waals surface area contributed by atoms with E-state index in [1.54, 1.807) is 19.1 Å². The zero-order valence-corrected chi connectivity index (χ0v) is 10.5. The third-order valence-corrected chi connectivity index (χ3v) is 3.11. The van der Waals surface area contributed by atoms with E-state index in [9.17, 15) is 20.4 Å². The summed E-state index contributed by atoms with van der Waals surface area (Å²) in [4.78, 5) is 0. The molecule has 1 aromatic carbocycles. The molecule has 1 unspecified atom stereocenters. The van der Waals surface area contributed by atoms with Gasteiger partial charge in [0.15, 0.2) is 0 Å². The van der Waals surface area contributed by atoms with Gasteiger partial charge in [0, 0.05) is 6.54 Å². The number of β-amino-alcohol motifs (C(OH)–C–C–N with tert-alkyl or cyclic N) is 1. The van der Waals surface area contributed by atoms with E-state index in [0.29, 0.717) is 0 Å². The van der Waals surface area contributed by atoms with E-state index in [1.807, 2.05) is 18.2 Å². The molecule has 5 N–H and O–H groups in total. The van der Waals surface area contributed by atoms with Gasteiger partial charge in [-0.25, -0.2) is 0 Å². The normalized spacial score (nSPS) is 15.4. The van der Waals surface area contributed by atoms with Gasteiger partial charge in [-0.1, -0.05) is 30.3 Å². The average Bonchev–Trinajstić information content (AvgIpc) is 2.42. The second-order valence-electron chi connectivity index (χ2n) is 4.75. The first kappa shape index (κ1) is 15.1. The van der Waals surface area contributed by atoms with Gasteiger partial charge in [-0.2, -0.15) is 0 Å². The molecule has 18 heavy (non-hydrogen) atoms. The Morgan fingerprint density at radius 3 is 1.94 bits per heavy atom. The molecule has 0 spiro atoms. The number of rotatable bonds is 7. The van der Waals surface area contributed by atoms with Gasteiger partial charge >= 0.3 is 0 Å². The molecule has 102 valence electrons. The summed E-state index contributed by atoms with van der Waals surface area (Å²) >= 11 is 0.